The minimum absolute atomic E-state index is 0.124. The zero-order chi connectivity index (χ0) is 31.7. The fourth-order valence-electron chi connectivity index (χ4n) is 4.86. The fourth-order valence-corrected chi connectivity index (χ4v) is 6.70. The molecule has 0 bridgehead atoms. The molecule has 2 fully saturated rings. The van der Waals surface area contributed by atoms with Crippen LogP contribution in [0.25, 0.3) is 11.3 Å². The van der Waals surface area contributed by atoms with E-state index in [2.05, 4.69) is 47.7 Å². The number of hydrogen-bond acceptors (Lipinski definition) is 6. The number of likely N-dealkylation sites (N-methyl/N-ethyl adjacent to an activating group) is 1. The topological polar surface area (TPSA) is 133 Å². The molecule has 42 heavy (non-hydrogen) atoms. The average molecular weight is 629 g/mol. The lowest BCUT2D eigenvalue weighted by atomic mass is 9.84. The second-order valence-corrected chi connectivity index (χ2v) is 12.4. The van der Waals surface area contributed by atoms with E-state index in [0.717, 1.165) is 50.3 Å². The Kier molecular flexibility index (Phi) is 9.68. The molecule has 2 N–H and O–H groups in total. The molecule has 17 heteroatoms. The molecule has 5 rings (SSSR count). The largest absolute Gasteiger partial charge is 0.490 e. The SMILES string of the molecule is Cc1ccc(-c2cnc3n2CCN(C)C32CCN(S(=O)(=O)C3CC3)CC2)cc1.O=C(O)C(F)(F)F.O=C(O)C(F)(F)F. The number of imidazole rings is 1. The Hall–Kier alpha value is -3.18. The van der Waals surface area contributed by atoms with Crippen molar-refractivity contribution in [2.75, 3.05) is 26.7 Å². The summed E-state index contributed by atoms with van der Waals surface area (Å²) in [5.74, 6) is -4.42. The molecule has 2 aromatic rings. The number of aromatic nitrogens is 2. The van der Waals surface area contributed by atoms with Gasteiger partial charge < -0.3 is 14.8 Å². The van der Waals surface area contributed by atoms with Crippen molar-refractivity contribution in [1.29, 1.82) is 0 Å². The maximum Gasteiger partial charge on any atom is 0.490 e. The lowest BCUT2D eigenvalue weighted by Gasteiger charge is -2.49. The molecular formula is C25H30F6N4O6S. The smallest absolute Gasteiger partial charge is 0.475 e. The van der Waals surface area contributed by atoms with Gasteiger partial charge in [0.1, 0.15) is 5.82 Å². The summed E-state index contributed by atoms with van der Waals surface area (Å²) in [7, 11) is -0.932. The number of halogens is 6. The first kappa shape index (κ1) is 33.3. The third-order valence-corrected chi connectivity index (χ3v) is 9.75. The Morgan fingerprint density at radius 1 is 0.905 bits per heavy atom. The van der Waals surface area contributed by atoms with Crippen molar-refractivity contribution in [3.63, 3.8) is 0 Å². The molecule has 0 amide bonds. The highest BCUT2D eigenvalue weighted by Gasteiger charge is 2.49. The minimum atomic E-state index is -5.08. The molecule has 0 unspecified atom stereocenters. The van der Waals surface area contributed by atoms with Gasteiger partial charge in [0.25, 0.3) is 0 Å². The van der Waals surface area contributed by atoms with Gasteiger partial charge in [-0.3, -0.25) is 4.90 Å². The van der Waals surface area contributed by atoms with E-state index in [1.165, 1.54) is 11.1 Å². The number of sulfonamides is 1. The highest BCUT2D eigenvalue weighted by molar-refractivity contribution is 7.90. The maximum absolute atomic E-state index is 12.7. The van der Waals surface area contributed by atoms with Crippen LogP contribution in [-0.4, -0.2) is 93.6 Å². The number of rotatable bonds is 3. The van der Waals surface area contributed by atoms with Crippen LogP contribution < -0.4 is 0 Å². The number of carbonyl (C=O) groups is 2. The summed E-state index contributed by atoms with van der Waals surface area (Å²) in [4.78, 5) is 25.1. The number of aliphatic carboxylic acids is 2. The Morgan fingerprint density at radius 3 is 1.81 bits per heavy atom. The van der Waals surface area contributed by atoms with Crippen LogP contribution in [0.15, 0.2) is 30.5 Å². The summed E-state index contributed by atoms with van der Waals surface area (Å²) in [6.45, 7) is 5.16. The predicted octanol–water partition coefficient (Wildman–Crippen LogP) is 3.85. The van der Waals surface area contributed by atoms with E-state index in [1.54, 1.807) is 4.31 Å². The normalized spacial score (nSPS) is 19.1. The van der Waals surface area contributed by atoms with Crippen LogP contribution in [0, 0.1) is 6.92 Å². The van der Waals surface area contributed by atoms with Crippen molar-refractivity contribution >= 4 is 22.0 Å². The molecule has 1 aliphatic carbocycles. The molecule has 3 aliphatic rings. The van der Waals surface area contributed by atoms with E-state index >= 15 is 0 Å². The standard InChI is InChI=1S/C21H28N4O2S.2C2HF3O2/c1-16-3-5-17(6-4-16)19-15-22-20-21(23(2)13-14-25(19)20)9-11-24(12-10-21)28(26,27)18-7-8-18;2*3-2(4,5)1(6)7/h3-6,15,18H,7-14H2,1-2H3;2*(H,6,7). The first-order valence-corrected chi connectivity index (χ1v) is 14.2. The van der Waals surface area contributed by atoms with Gasteiger partial charge in [-0.05, 0) is 45.2 Å². The van der Waals surface area contributed by atoms with E-state index in [-0.39, 0.29) is 10.8 Å². The zero-order valence-corrected chi connectivity index (χ0v) is 23.4. The van der Waals surface area contributed by atoms with Gasteiger partial charge in [-0.25, -0.2) is 27.3 Å². The second kappa shape index (κ2) is 12.2. The van der Waals surface area contributed by atoms with Crippen LogP contribution in [0.5, 0.6) is 0 Å². The summed E-state index contributed by atoms with van der Waals surface area (Å²) in [5, 5.41) is 14.1. The lowest BCUT2D eigenvalue weighted by Crippen LogP contribution is -2.57. The van der Waals surface area contributed by atoms with Crippen molar-refractivity contribution in [3.8, 4) is 11.3 Å². The first-order valence-electron chi connectivity index (χ1n) is 12.7. The molecule has 2 aliphatic heterocycles. The van der Waals surface area contributed by atoms with Gasteiger partial charge in [0.2, 0.25) is 10.0 Å². The van der Waals surface area contributed by atoms with E-state index in [9.17, 15) is 34.8 Å². The fraction of sp³-hybridized carbons (Fsp3) is 0.560. The van der Waals surface area contributed by atoms with Gasteiger partial charge in [-0.15, -0.1) is 0 Å². The minimum Gasteiger partial charge on any atom is -0.475 e. The number of hydrogen-bond donors (Lipinski definition) is 2. The van der Waals surface area contributed by atoms with E-state index in [4.69, 9.17) is 24.8 Å². The van der Waals surface area contributed by atoms with Crippen molar-refractivity contribution in [2.24, 2.45) is 0 Å². The lowest BCUT2D eigenvalue weighted by molar-refractivity contribution is -0.193. The van der Waals surface area contributed by atoms with Crippen LogP contribution >= 0.6 is 0 Å². The van der Waals surface area contributed by atoms with Crippen LogP contribution in [-0.2, 0) is 31.7 Å². The van der Waals surface area contributed by atoms with Crippen LogP contribution in [0.2, 0.25) is 0 Å². The molecule has 0 atom stereocenters. The molecule has 1 saturated heterocycles. The van der Waals surface area contributed by atoms with Gasteiger partial charge in [-0.1, -0.05) is 29.8 Å². The molecule has 234 valence electrons. The number of alkyl halides is 6. The van der Waals surface area contributed by atoms with Crippen molar-refractivity contribution < 1.29 is 54.6 Å². The van der Waals surface area contributed by atoms with Gasteiger partial charge in [-0.2, -0.15) is 26.3 Å². The van der Waals surface area contributed by atoms with Gasteiger partial charge in [0.05, 0.1) is 22.7 Å². The summed E-state index contributed by atoms with van der Waals surface area (Å²) >= 11 is 0. The molecular weight excluding hydrogens is 598 g/mol. The Labute approximate surface area is 237 Å². The van der Waals surface area contributed by atoms with Crippen molar-refractivity contribution in [3.05, 3.63) is 41.9 Å². The highest BCUT2D eigenvalue weighted by Crippen LogP contribution is 2.43. The molecule has 1 aromatic heterocycles. The number of carboxylic acid groups (broad SMARTS) is 2. The van der Waals surface area contributed by atoms with Gasteiger partial charge in [0.15, 0.2) is 0 Å². The van der Waals surface area contributed by atoms with Crippen LogP contribution in [0.4, 0.5) is 26.3 Å². The number of carboxylic acids is 2. The maximum atomic E-state index is 12.7. The quantitative estimate of drug-likeness (QED) is 0.490. The Bertz CT molecular complexity index is 1360. The Balaban J connectivity index is 0.000000289. The van der Waals surface area contributed by atoms with Crippen molar-refractivity contribution in [2.45, 2.75) is 62.3 Å². The number of aryl methyl sites for hydroxylation is 1. The monoisotopic (exact) mass is 628 g/mol. The average Bonchev–Trinajstić information content (AvgIpc) is 3.67. The highest BCUT2D eigenvalue weighted by atomic mass is 32.2. The van der Waals surface area contributed by atoms with Gasteiger partial charge in [0, 0.05) is 26.2 Å². The van der Waals surface area contributed by atoms with E-state index in [0.29, 0.717) is 13.1 Å². The molecule has 3 heterocycles. The third-order valence-electron chi connectivity index (χ3n) is 7.35. The summed E-state index contributed by atoms with van der Waals surface area (Å²) < 4.78 is 92.9. The molecule has 1 spiro atoms. The number of nitrogens with zero attached hydrogens (tertiary/aromatic N) is 4. The molecule has 1 saturated carbocycles. The Morgan fingerprint density at radius 2 is 1.38 bits per heavy atom. The molecule has 0 radical (unpaired) electrons. The third kappa shape index (κ3) is 7.42. The summed E-state index contributed by atoms with van der Waals surface area (Å²) in [5.41, 5.74) is 3.44. The predicted molar refractivity (Wildman–Crippen MR) is 137 cm³/mol. The van der Waals surface area contributed by atoms with E-state index < -0.39 is 34.3 Å². The first-order chi connectivity index (χ1) is 19.3. The van der Waals surface area contributed by atoms with E-state index in [1.807, 2.05) is 6.20 Å². The second-order valence-electron chi connectivity index (χ2n) is 10.2. The van der Waals surface area contributed by atoms with Crippen LogP contribution in [0.1, 0.15) is 37.1 Å². The summed E-state index contributed by atoms with van der Waals surface area (Å²) in [6.07, 6.45) is -4.91. The van der Waals surface area contributed by atoms with Crippen LogP contribution in [0.3, 0.4) is 0 Å². The molecule has 1 aromatic carbocycles. The number of benzene rings is 1. The number of piperidine rings is 1. The molecule has 10 nitrogen and oxygen atoms in total. The zero-order valence-electron chi connectivity index (χ0n) is 22.6. The van der Waals surface area contributed by atoms with Gasteiger partial charge >= 0.3 is 24.3 Å². The summed E-state index contributed by atoms with van der Waals surface area (Å²) in [6, 6.07) is 8.60. The number of fused-ring (bicyclic) bond motifs is 2. The van der Waals surface area contributed by atoms with Crippen molar-refractivity contribution in [1.82, 2.24) is 18.8 Å².